The zero-order valence-corrected chi connectivity index (χ0v) is 14.3. The zero-order chi connectivity index (χ0) is 12.1. The Balaban J connectivity index is 3.99. The first-order valence-corrected chi connectivity index (χ1v) is 10.4. The van der Waals surface area contributed by atoms with Gasteiger partial charge in [0.05, 0.1) is 0 Å². The normalized spacial score (nSPS) is 15.4. The number of alkyl halides is 1. The van der Waals surface area contributed by atoms with E-state index in [1.165, 1.54) is 23.7 Å². The summed E-state index contributed by atoms with van der Waals surface area (Å²) in [5, 5.41) is 0.338. The molecule has 3 heteroatoms. The van der Waals surface area contributed by atoms with Crippen LogP contribution in [0.5, 0.6) is 0 Å². The fourth-order valence-corrected chi connectivity index (χ4v) is 3.28. The molecule has 0 N–H and O–H groups in total. The van der Waals surface area contributed by atoms with E-state index in [0.29, 0.717) is 11.1 Å². The molecule has 0 aliphatic carbocycles. The van der Waals surface area contributed by atoms with Crippen molar-refractivity contribution >= 4 is 30.9 Å². The molecule has 0 rings (SSSR count). The molecular formula is C12H27IOSi. The van der Waals surface area contributed by atoms with E-state index in [0.717, 1.165) is 0 Å². The highest BCUT2D eigenvalue weighted by Crippen LogP contribution is 2.37. The molecule has 0 bridgehead atoms. The second-order valence-electron chi connectivity index (χ2n) is 5.87. The summed E-state index contributed by atoms with van der Waals surface area (Å²) in [4.78, 5) is 0. The Bertz CT molecular complexity index is 175. The minimum atomic E-state index is -1.53. The Morgan fingerprint density at radius 1 is 1.20 bits per heavy atom. The highest BCUT2D eigenvalue weighted by atomic mass is 127. The molecule has 0 spiro atoms. The lowest BCUT2D eigenvalue weighted by atomic mass is 10.2. The topological polar surface area (TPSA) is 9.23 Å². The maximum absolute atomic E-state index is 6.29. The van der Waals surface area contributed by atoms with Crippen LogP contribution in [0.3, 0.4) is 0 Å². The molecule has 0 saturated carbocycles. The van der Waals surface area contributed by atoms with E-state index in [9.17, 15) is 0 Å². The van der Waals surface area contributed by atoms with Crippen molar-refractivity contribution in [2.45, 2.75) is 71.2 Å². The lowest BCUT2D eigenvalue weighted by Crippen LogP contribution is -2.43. The molecule has 0 amide bonds. The molecule has 1 atom stereocenters. The van der Waals surface area contributed by atoms with E-state index in [-0.39, 0.29) is 0 Å². The summed E-state index contributed by atoms with van der Waals surface area (Å²) in [7, 11) is -1.53. The maximum Gasteiger partial charge on any atom is 0.192 e. The van der Waals surface area contributed by atoms with E-state index in [1.54, 1.807) is 0 Å². The van der Waals surface area contributed by atoms with Gasteiger partial charge in [-0.25, -0.2) is 0 Å². The Morgan fingerprint density at radius 2 is 1.73 bits per heavy atom. The summed E-state index contributed by atoms with van der Waals surface area (Å²) in [6.45, 7) is 13.8. The number of hydrogen-bond acceptors (Lipinski definition) is 1. The van der Waals surface area contributed by atoms with Gasteiger partial charge in [-0.1, -0.05) is 49.8 Å². The van der Waals surface area contributed by atoms with Crippen molar-refractivity contribution in [3.05, 3.63) is 0 Å². The minimum absolute atomic E-state index is 0.338. The van der Waals surface area contributed by atoms with Crippen LogP contribution >= 0.6 is 22.6 Å². The molecule has 0 aliphatic heterocycles. The van der Waals surface area contributed by atoms with Crippen LogP contribution in [-0.4, -0.2) is 18.8 Å². The predicted octanol–water partition coefficient (Wildman–Crippen LogP) is 5.00. The number of halogens is 1. The van der Waals surface area contributed by atoms with Crippen LogP contribution in [0.1, 0.15) is 47.0 Å². The van der Waals surface area contributed by atoms with Gasteiger partial charge in [0.25, 0.3) is 0 Å². The van der Waals surface area contributed by atoms with E-state index in [1.807, 2.05) is 0 Å². The van der Waals surface area contributed by atoms with Crippen molar-refractivity contribution in [3.8, 4) is 0 Å². The third-order valence-electron chi connectivity index (χ3n) is 3.30. The van der Waals surface area contributed by atoms with Gasteiger partial charge in [0, 0.05) is 6.10 Å². The maximum atomic E-state index is 6.29. The monoisotopic (exact) mass is 342 g/mol. The largest absolute Gasteiger partial charge is 0.414 e. The molecule has 0 aliphatic rings. The average molecular weight is 342 g/mol. The Hall–Kier alpha value is 0.907. The van der Waals surface area contributed by atoms with E-state index in [4.69, 9.17) is 4.43 Å². The quantitative estimate of drug-likeness (QED) is 0.286. The van der Waals surface area contributed by atoms with Gasteiger partial charge in [0.2, 0.25) is 0 Å². The van der Waals surface area contributed by atoms with Crippen LogP contribution in [0.2, 0.25) is 18.1 Å². The first-order chi connectivity index (χ1) is 6.70. The fraction of sp³-hybridized carbons (Fsp3) is 1.00. The fourth-order valence-electron chi connectivity index (χ4n) is 1.26. The van der Waals surface area contributed by atoms with Gasteiger partial charge in [0.1, 0.15) is 0 Å². The summed E-state index contributed by atoms with van der Waals surface area (Å²) >= 11 is 2.44. The molecule has 15 heavy (non-hydrogen) atoms. The molecule has 0 fully saturated rings. The predicted molar refractivity (Wildman–Crippen MR) is 80.5 cm³/mol. The number of hydrogen-bond donors (Lipinski definition) is 0. The number of rotatable bonds is 6. The van der Waals surface area contributed by atoms with Crippen LogP contribution in [0.15, 0.2) is 0 Å². The van der Waals surface area contributed by atoms with Crippen molar-refractivity contribution in [2.75, 3.05) is 4.43 Å². The van der Waals surface area contributed by atoms with Crippen molar-refractivity contribution in [2.24, 2.45) is 0 Å². The summed E-state index contributed by atoms with van der Waals surface area (Å²) in [6.07, 6.45) is 4.29. The lowest BCUT2D eigenvalue weighted by Gasteiger charge is -2.38. The van der Waals surface area contributed by atoms with Gasteiger partial charge >= 0.3 is 0 Å². The Kier molecular flexibility index (Phi) is 6.99. The summed E-state index contributed by atoms with van der Waals surface area (Å²) in [5.74, 6) is 0. The van der Waals surface area contributed by atoms with Crippen molar-refractivity contribution in [1.29, 1.82) is 0 Å². The van der Waals surface area contributed by atoms with Crippen LogP contribution in [0, 0.1) is 0 Å². The third-order valence-corrected chi connectivity index (χ3v) is 8.66. The first kappa shape index (κ1) is 15.9. The molecule has 0 aromatic heterocycles. The molecule has 0 aromatic rings. The molecule has 0 aromatic carbocycles. The minimum Gasteiger partial charge on any atom is -0.414 e. The average Bonchev–Trinajstić information content (AvgIpc) is 2.01. The van der Waals surface area contributed by atoms with Crippen LogP contribution in [-0.2, 0) is 4.43 Å². The molecule has 1 unspecified atom stereocenters. The SMILES string of the molecule is CC(CCCCI)O[Si](C)(C)C(C)(C)C. The smallest absolute Gasteiger partial charge is 0.192 e. The Morgan fingerprint density at radius 3 is 2.13 bits per heavy atom. The molecule has 0 heterocycles. The van der Waals surface area contributed by atoms with Crippen LogP contribution in [0.25, 0.3) is 0 Å². The summed E-state index contributed by atoms with van der Waals surface area (Å²) < 4.78 is 7.55. The number of unbranched alkanes of at least 4 members (excludes halogenated alkanes) is 1. The highest BCUT2D eigenvalue weighted by Gasteiger charge is 2.38. The second kappa shape index (κ2) is 6.60. The summed E-state index contributed by atoms with van der Waals surface area (Å²) in [6, 6.07) is 0. The van der Waals surface area contributed by atoms with Crippen molar-refractivity contribution in [1.82, 2.24) is 0 Å². The van der Waals surface area contributed by atoms with Crippen LogP contribution < -0.4 is 0 Å². The van der Waals surface area contributed by atoms with Crippen LogP contribution in [0.4, 0.5) is 0 Å². The molecular weight excluding hydrogens is 315 g/mol. The molecule has 0 radical (unpaired) electrons. The molecule has 1 nitrogen and oxygen atoms in total. The van der Waals surface area contributed by atoms with Gasteiger partial charge < -0.3 is 4.43 Å². The first-order valence-electron chi connectivity index (χ1n) is 5.94. The third kappa shape index (κ3) is 6.27. The van der Waals surface area contributed by atoms with E-state index < -0.39 is 8.32 Å². The lowest BCUT2D eigenvalue weighted by molar-refractivity contribution is 0.186. The molecule has 92 valence electrons. The van der Waals surface area contributed by atoms with Crippen molar-refractivity contribution in [3.63, 3.8) is 0 Å². The van der Waals surface area contributed by atoms with Gasteiger partial charge in [-0.05, 0) is 42.3 Å². The Labute approximate surface area is 111 Å². The van der Waals surface area contributed by atoms with Gasteiger partial charge in [0.15, 0.2) is 8.32 Å². The molecule has 0 saturated heterocycles. The standard InChI is InChI=1S/C12H27IOSi/c1-11(9-7-8-10-13)14-15(5,6)12(2,3)4/h11H,7-10H2,1-6H3. The highest BCUT2D eigenvalue weighted by molar-refractivity contribution is 14.1. The second-order valence-corrected chi connectivity index (χ2v) is 11.7. The zero-order valence-electron chi connectivity index (χ0n) is 11.2. The summed E-state index contributed by atoms with van der Waals surface area (Å²) in [5.41, 5.74) is 0. The van der Waals surface area contributed by atoms with Gasteiger partial charge in [-0.2, -0.15) is 0 Å². The van der Waals surface area contributed by atoms with Crippen molar-refractivity contribution < 1.29 is 4.43 Å². The van der Waals surface area contributed by atoms with Gasteiger partial charge in [-0.3, -0.25) is 0 Å². The van der Waals surface area contributed by atoms with E-state index >= 15 is 0 Å². The van der Waals surface area contributed by atoms with Gasteiger partial charge in [-0.15, -0.1) is 0 Å². The van der Waals surface area contributed by atoms with E-state index in [2.05, 4.69) is 63.4 Å².